The number of rotatable bonds is 8. The molecule has 0 radical (unpaired) electrons. The van der Waals surface area contributed by atoms with Crippen LogP contribution >= 0.6 is 0 Å². The molecule has 47 heavy (non-hydrogen) atoms. The highest BCUT2D eigenvalue weighted by molar-refractivity contribution is 5.74. The molecule has 2 aromatic heterocycles. The third-order valence-corrected chi connectivity index (χ3v) is 12.2. The van der Waals surface area contributed by atoms with Gasteiger partial charge in [-0.1, -0.05) is 18.2 Å². The summed E-state index contributed by atoms with van der Waals surface area (Å²) in [5, 5.41) is 18.9. The fourth-order valence-electron chi connectivity index (χ4n) is 10.0. The van der Waals surface area contributed by atoms with E-state index in [-0.39, 0.29) is 23.7 Å². The number of anilines is 2. The summed E-state index contributed by atoms with van der Waals surface area (Å²) in [5.74, 6) is 3.49. The van der Waals surface area contributed by atoms with Gasteiger partial charge in [-0.25, -0.2) is 4.98 Å². The van der Waals surface area contributed by atoms with Crippen LogP contribution in [0.15, 0.2) is 48.7 Å². The van der Waals surface area contributed by atoms with Crippen LogP contribution in [0.5, 0.6) is 11.6 Å². The van der Waals surface area contributed by atoms with E-state index in [0.717, 1.165) is 88.6 Å². The number of phenols is 1. The predicted octanol–water partition coefficient (Wildman–Crippen LogP) is 5.11. The summed E-state index contributed by atoms with van der Waals surface area (Å²) in [6.45, 7) is 4.05. The number of phenolic OH excluding ortho intramolecular Hbond substituents is 1. The molecule has 3 N–H and O–H groups in total. The average molecular weight is 639 g/mol. The minimum atomic E-state index is -0.0460. The molecule has 3 aromatic rings. The Morgan fingerprint density at radius 1 is 1.00 bits per heavy atom. The van der Waals surface area contributed by atoms with E-state index in [9.17, 15) is 9.90 Å². The van der Waals surface area contributed by atoms with Gasteiger partial charge in [0.15, 0.2) is 5.82 Å². The second-order valence-electron chi connectivity index (χ2n) is 14.8. The number of methoxy groups -OCH3 is 1. The molecular formula is C37H46N6O4. The maximum absolute atomic E-state index is 11.9. The van der Waals surface area contributed by atoms with Gasteiger partial charge in [-0.3, -0.25) is 4.79 Å². The molecule has 1 aromatic carbocycles. The first kappa shape index (κ1) is 30.4. The van der Waals surface area contributed by atoms with E-state index in [4.69, 9.17) is 20.2 Å². The molecule has 4 heterocycles. The summed E-state index contributed by atoms with van der Waals surface area (Å²) in [6.07, 6.45) is 11.9. The molecule has 8 rings (SSSR count). The zero-order valence-corrected chi connectivity index (χ0v) is 27.3. The molecule has 3 aliphatic carbocycles. The number of nitrogens with two attached hydrogens (primary N) is 1. The summed E-state index contributed by atoms with van der Waals surface area (Å²) in [7, 11) is 1.49. The van der Waals surface area contributed by atoms with Crippen molar-refractivity contribution in [2.45, 2.75) is 69.9 Å². The molecule has 2 saturated heterocycles. The molecule has 3 saturated carbocycles. The number of aromatic hydroxyl groups is 1. The SMILES string of the molecule is COC(=O)C1CCC(N2CCC(Oc3ccc(CC45CC6CN(c7cc(-c8ccccc8O)nnc7N)CC(C4)C65)cn3)CC2)CC1. The number of nitrogens with zero attached hydrogens (tertiary/aromatic N) is 5. The quantitative estimate of drug-likeness (QED) is 0.322. The van der Waals surface area contributed by atoms with Gasteiger partial charge in [0.1, 0.15) is 11.9 Å². The van der Waals surface area contributed by atoms with Gasteiger partial charge < -0.3 is 30.1 Å². The van der Waals surface area contributed by atoms with Gasteiger partial charge in [0.25, 0.3) is 0 Å². The van der Waals surface area contributed by atoms with Crippen molar-refractivity contribution >= 4 is 17.5 Å². The third kappa shape index (κ3) is 5.68. The number of hydrogen-bond acceptors (Lipinski definition) is 10. The van der Waals surface area contributed by atoms with Gasteiger partial charge >= 0.3 is 5.97 Å². The van der Waals surface area contributed by atoms with Crippen LogP contribution in [0.25, 0.3) is 11.3 Å². The highest BCUT2D eigenvalue weighted by atomic mass is 16.5. The molecule has 10 nitrogen and oxygen atoms in total. The van der Waals surface area contributed by atoms with E-state index >= 15 is 0 Å². The van der Waals surface area contributed by atoms with Crippen LogP contribution in [0.3, 0.4) is 0 Å². The molecule has 2 unspecified atom stereocenters. The Labute approximate surface area is 276 Å². The number of ether oxygens (including phenoxy) is 2. The van der Waals surface area contributed by atoms with Crippen LogP contribution < -0.4 is 15.4 Å². The van der Waals surface area contributed by atoms with E-state index < -0.39 is 0 Å². The van der Waals surface area contributed by atoms with E-state index in [2.05, 4.69) is 32.1 Å². The lowest BCUT2D eigenvalue weighted by Gasteiger charge is -2.72. The Hall–Kier alpha value is -3.92. The lowest BCUT2D eigenvalue weighted by atomic mass is 9.36. The Morgan fingerprint density at radius 3 is 2.43 bits per heavy atom. The number of hydrogen-bond donors (Lipinski definition) is 2. The van der Waals surface area contributed by atoms with Crippen LogP contribution in [0.2, 0.25) is 0 Å². The first-order valence-electron chi connectivity index (χ1n) is 17.5. The Balaban J connectivity index is 0.820. The van der Waals surface area contributed by atoms with Gasteiger partial charge in [0, 0.05) is 50.0 Å². The molecular weight excluding hydrogens is 592 g/mol. The topological polar surface area (TPSA) is 127 Å². The summed E-state index contributed by atoms with van der Waals surface area (Å²) in [6, 6.07) is 14.1. The van der Waals surface area contributed by atoms with Gasteiger partial charge in [0.05, 0.1) is 24.4 Å². The fourth-order valence-corrected chi connectivity index (χ4v) is 10.0. The van der Waals surface area contributed by atoms with E-state index in [1.165, 1.54) is 25.5 Å². The Bertz CT molecular complexity index is 1580. The van der Waals surface area contributed by atoms with Crippen molar-refractivity contribution in [2.75, 3.05) is 43.9 Å². The largest absolute Gasteiger partial charge is 0.507 e. The minimum Gasteiger partial charge on any atom is -0.507 e. The Morgan fingerprint density at radius 2 is 1.74 bits per heavy atom. The number of likely N-dealkylation sites (tertiary alicyclic amines) is 1. The van der Waals surface area contributed by atoms with Gasteiger partial charge in [0.2, 0.25) is 5.88 Å². The summed E-state index contributed by atoms with van der Waals surface area (Å²) in [4.78, 5) is 21.6. The monoisotopic (exact) mass is 638 g/mol. The highest BCUT2D eigenvalue weighted by Gasteiger charge is 2.66. The molecule has 248 valence electrons. The predicted molar refractivity (Wildman–Crippen MR) is 179 cm³/mol. The van der Waals surface area contributed by atoms with Crippen molar-refractivity contribution in [1.29, 1.82) is 0 Å². The standard InChI is InChI=1S/C37H46N6O4/c1-46-36(45)24-7-9-27(10-8-24)42-14-12-28(13-15-42)47-33-11-6-23(20-39-33)17-37-18-25-21-43(22-26(19-37)34(25)37)31-16-30(40-41-35(31)38)29-4-2-3-5-32(29)44/h2-6,11,16,20,24-28,34,44H,7-10,12-15,17-19,21-22H2,1H3,(H2,38,41). The van der Waals surface area contributed by atoms with Crippen molar-refractivity contribution in [1.82, 2.24) is 20.1 Å². The molecule has 0 amide bonds. The van der Waals surface area contributed by atoms with E-state index in [0.29, 0.717) is 40.4 Å². The minimum absolute atomic E-state index is 0.0460. The van der Waals surface area contributed by atoms with E-state index in [1.807, 2.05) is 24.4 Å². The number of aromatic nitrogens is 3. The van der Waals surface area contributed by atoms with Crippen LogP contribution in [-0.4, -0.2) is 76.6 Å². The zero-order chi connectivity index (χ0) is 32.1. The normalized spacial score (nSPS) is 30.5. The molecule has 2 aliphatic heterocycles. The number of nitrogen functional groups attached to an aromatic ring is 1. The summed E-state index contributed by atoms with van der Waals surface area (Å²) < 4.78 is 11.3. The lowest BCUT2D eigenvalue weighted by molar-refractivity contribution is -0.191. The maximum Gasteiger partial charge on any atom is 0.308 e. The molecule has 10 heteroatoms. The van der Waals surface area contributed by atoms with Crippen LogP contribution in [0.4, 0.5) is 11.5 Å². The fraction of sp³-hybridized carbons (Fsp3) is 0.568. The number of carbonyl (C=O) groups is 1. The molecule has 0 spiro atoms. The van der Waals surface area contributed by atoms with Crippen LogP contribution in [0, 0.1) is 29.1 Å². The maximum atomic E-state index is 11.9. The van der Waals surface area contributed by atoms with Crippen LogP contribution in [-0.2, 0) is 16.0 Å². The second kappa shape index (κ2) is 12.3. The number of pyridine rings is 1. The molecule has 5 fully saturated rings. The van der Waals surface area contributed by atoms with Gasteiger partial charge in [-0.05, 0) is 105 Å². The number of piperidine rings is 2. The average Bonchev–Trinajstić information content (AvgIpc) is 3.08. The van der Waals surface area contributed by atoms with Crippen molar-refractivity contribution in [3.8, 4) is 22.9 Å². The van der Waals surface area contributed by atoms with E-state index in [1.54, 1.807) is 12.1 Å². The number of para-hydroxylation sites is 1. The summed E-state index contributed by atoms with van der Waals surface area (Å²) >= 11 is 0. The molecule has 2 atom stereocenters. The number of benzene rings is 1. The van der Waals surface area contributed by atoms with Gasteiger partial charge in [-0.15, -0.1) is 10.2 Å². The first-order chi connectivity index (χ1) is 22.9. The lowest BCUT2D eigenvalue weighted by Crippen LogP contribution is -2.69. The first-order valence-corrected chi connectivity index (χ1v) is 17.5. The number of esters is 1. The van der Waals surface area contributed by atoms with Crippen LogP contribution in [0.1, 0.15) is 56.9 Å². The highest BCUT2D eigenvalue weighted by Crippen LogP contribution is 2.70. The zero-order valence-electron chi connectivity index (χ0n) is 27.3. The van der Waals surface area contributed by atoms with Crippen molar-refractivity contribution in [2.24, 2.45) is 29.1 Å². The van der Waals surface area contributed by atoms with Crippen molar-refractivity contribution in [3.05, 3.63) is 54.2 Å². The molecule has 0 bridgehead atoms. The smallest absolute Gasteiger partial charge is 0.308 e. The van der Waals surface area contributed by atoms with Crippen molar-refractivity contribution < 1.29 is 19.4 Å². The second-order valence-corrected chi connectivity index (χ2v) is 14.8. The van der Waals surface area contributed by atoms with Crippen molar-refractivity contribution in [3.63, 3.8) is 0 Å². The summed E-state index contributed by atoms with van der Waals surface area (Å²) in [5.41, 5.74) is 10.3. The molecule has 5 aliphatic rings. The number of carbonyl (C=O) groups excluding carboxylic acids is 1. The van der Waals surface area contributed by atoms with Gasteiger partial charge in [-0.2, -0.15) is 0 Å². The third-order valence-electron chi connectivity index (χ3n) is 12.2. The Kier molecular flexibility index (Phi) is 7.94.